The third kappa shape index (κ3) is 3.53. The molecule has 1 aliphatic rings. The highest BCUT2D eigenvalue weighted by molar-refractivity contribution is 8.19. The zero-order valence-electron chi connectivity index (χ0n) is 13.9. The van der Waals surface area contributed by atoms with E-state index in [-0.39, 0.29) is 11.1 Å². The highest BCUT2D eigenvalue weighted by Crippen LogP contribution is 2.36. The number of methoxy groups -OCH3 is 1. The molecule has 2 aromatic rings. The van der Waals surface area contributed by atoms with E-state index < -0.39 is 0 Å². The Morgan fingerprint density at radius 3 is 2.52 bits per heavy atom. The van der Waals surface area contributed by atoms with Crippen molar-refractivity contribution in [3.05, 3.63) is 59.0 Å². The number of amides is 2. The van der Waals surface area contributed by atoms with Crippen molar-refractivity contribution in [2.45, 2.75) is 6.92 Å². The molecular formula is C19H17NO4S. The lowest BCUT2D eigenvalue weighted by Crippen LogP contribution is -2.27. The maximum Gasteiger partial charge on any atom is 0.298 e. The van der Waals surface area contributed by atoms with Gasteiger partial charge in [0.2, 0.25) is 0 Å². The lowest BCUT2D eigenvalue weighted by atomic mass is 10.2. The van der Waals surface area contributed by atoms with Gasteiger partial charge in [-0.05, 0) is 54.6 Å². The SMILES string of the molecule is CCOc1ccc(C=C2SC(=O)N(c3ccccc3)C2=O)cc1OC. The van der Waals surface area contributed by atoms with Crippen LogP contribution in [0.25, 0.3) is 6.08 Å². The smallest absolute Gasteiger partial charge is 0.298 e. The maximum absolute atomic E-state index is 12.6. The van der Waals surface area contributed by atoms with Crippen LogP contribution in [0, 0.1) is 0 Å². The number of anilines is 1. The molecule has 1 aliphatic heterocycles. The molecule has 2 aromatic carbocycles. The van der Waals surface area contributed by atoms with Gasteiger partial charge in [-0.3, -0.25) is 9.59 Å². The molecule has 3 rings (SSSR count). The predicted molar refractivity (Wildman–Crippen MR) is 99.1 cm³/mol. The Labute approximate surface area is 150 Å². The van der Waals surface area contributed by atoms with E-state index in [2.05, 4.69) is 0 Å². The van der Waals surface area contributed by atoms with Crippen molar-refractivity contribution in [3.8, 4) is 11.5 Å². The van der Waals surface area contributed by atoms with Gasteiger partial charge >= 0.3 is 0 Å². The Hall–Kier alpha value is -2.73. The van der Waals surface area contributed by atoms with Crippen molar-refractivity contribution < 1.29 is 19.1 Å². The summed E-state index contributed by atoms with van der Waals surface area (Å²) in [5, 5.41) is -0.305. The van der Waals surface area contributed by atoms with Gasteiger partial charge in [-0.2, -0.15) is 0 Å². The second-order valence-corrected chi connectivity index (χ2v) is 6.19. The van der Waals surface area contributed by atoms with Crippen molar-refractivity contribution in [3.63, 3.8) is 0 Å². The van der Waals surface area contributed by atoms with Crippen LogP contribution in [0.5, 0.6) is 11.5 Å². The number of rotatable bonds is 5. The summed E-state index contributed by atoms with van der Waals surface area (Å²) in [5.41, 5.74) is 1.33. The molecule has 1 heterocycles. The van der Waals surface area contributed by atoms with E-state index in [0.29, 0.717) is 28.7 Å². The molecule has 0 atom stereocenters. The van der Waals surface area contributed by atoms with Crippen molar-refractivity contribution >= 4 is 34.7 Å². The first kappa shape index (κ1) is 17.1. The maximum atomic E-state index is 12.6. The fourth-order valence-corrected chi connectivity index (χ4v) is 3.31. The van der Waals surface area contributed by atoms with Gasteiger partial charge in [0.25, 0.3) is 11.1 Å². The van der Waals surface area contributed by atoms with E-state index in [9.17, 15) is 9.59 Å². The van der Waals surface area contributed by atoms with Gasteiger partial charge in [0.1, 0.15) is 0 Å². The normalized spacial score (nSPS) is 15.8. The molecule has 0 spiro atoms. The first-order valence-corrected chi connectivity index (χ1v) is 8.59. The summed E-state index contributed by atoms with van der Waals surface area (Å²) < 4.78 is 10.8. The summed E-state index contributed by atoms with van der Waals surface area (Å²) in [4.78, 5) is 26.4. The minimum Gasteiger partial charge on any atom is -0.493 e. The van der Waals surface area contributed by atoms with Gasteiger partial charge in [-0.15, -0.1) is 0 Å². The lowest BCUT2D eigenvalue weighted by molar-refractivity contribution is -0.113. The fraction of sp³-hybridized carbons (Fsp3) is 0.158. The summed E-state index contributed by atoms with van der Waals surface area (Å²) in [6.07, 6.45) is 1.69. The number of thioether (sulfide) groups is 1. The van der Waals surface area contributed by atoms with E-state index >= 15 is 0 Å². The largest absolute Gasteiger partial charge is 0.493 e. The van der Waals surface area contributed by atoms with E-state index in [1.807, 2.05) is 19.1 Å². The standard InChI is InChI=1S/C19H17NO4S/c1-3-24-15-10-9-13(11-16(15)23-2)12-17-18(21)20(19(22)25-17)14-7-5-4-6-8-14/h4-12H,3H2,1-2H3. The molecular weight excluding hydrogens is 338 g/mol. The number of hydrogen-bond donors (Lipinski definition) is 0. The molecule has 128 valence electrons. The molecule has 25 heavy (non-hydrogen) atoms. The van der Waals surface area contributed by atoms with E-state index in [1.54, 1.807) is 49.6 Å². The van der Waals surface area contributed by atoms with Crippen LogP contribution in [0.4, 0.5) is 10.5 Å². The molecule has 0 aliphatic carbocycles. The summed E-state index contributed by atoms with van der Waals surface area (Å²) in [6, 6.07) is 14.3. The van der Waals surface area contributed by atoms with Gasteiger partial charge in [-0.25, -0.2) is 4.90 Å². The molecule has 2 amide bonds. The van der Waals surface area contributed by atoms with Gasteiger partial charge in [0.05, 0.1) is 24.3 Å². The molecule has 5 nitrogen and oxygen atoms in total. The minimum atomic E-state index is -0.325. The highest BCUT2D eigenvalue weighted by Gasteiger charge is 2.36. The summed E-state index contributed by atoms with van der Waals surface area (Å²) >= 11 is 0.926. The summed E-state index contributed by atoms with van der Waals surface area (Å²) in [7, 11) is 1.56. The Morgan fingerprint density at radius 2 is 1.84 bits per heavy atom. The van der Waals surface area contributed by atoms with Crippen molar-refractivity contribution in [1.29, 1.82) is 0 Å². The first-order chi connectivity index (χ1) is 12.1. The van der Waals surface area contributed by atoms with Crippen LogP contribution >= 0.6 is 11.8 Å². The molecule has 0 saturated carbocycles. The topological polar surface area (TPSA) is 55.8 Å². The Morgan fingerprint density at radius 1 is 1.08 bits per heavy atom. The van der Waals surface area contributed by atoms with E-state index in [4.69, 9.17) is 9.47 Å². The van der Waals surface area contributed by atoms with Gasteiger partial charge in [-0.1, -0.05) is 24.3 Å². The average Bonchev–Trinajstić information content (AvgIpc) is 2.90. The number of carbonyl (C=O) groups excluding carboxylic acids is 2. The van der Waals surface area contributed by atoms with Crippen LogP contribution < -0.4 is 14.4 Å². The number of nitrogens with zero attached hydrogens (tertiary/aromatic N) is 1. The second-order valence-electron chi connectivity index (χ2n) is 5.20. The molecule has 0 N–H and O–H groups in total. The number of para-hydroxylation sites is 1. The quantitative estimate of drug-likeness (QED) is 0.747. The third-order valence-corrected chi connectivity index (χ3v) is 4.46. The van der Waals surface area contributed by atoms with Crippen molar-refractivity contribution in [2.75, 3.05) is 18.6 Å². The minimum absolute atomic E-state index is 0.305. The molecule has 1 fully saturated rings. The average molecular weight is 355 g/mol. The molecule has 1 saturated heterocycles. The monoisotopic (exact) mass is 355 g/mol. The zero-order valence-corrected chi connectivity index (χ0v) is 14.7. The van der Waals surface area contributed by atoms with Gasteiger partial charge in [0.15, 0.2) is 11.5 Å². The number of hydrogen-bond acceptors (Lipinski definition) is 5. The molecule has 0 radical (unpaired) electrons. The second kappa shape index (κ2) is 7.44. The van der Waals surface area contributed by atoms with Crippen molar-refractivity contribution in [2.24, 2.45) is 0 Å². The summed E-state index contributed by atoms with van der Waals surface area (Å²) in [6.45, 7) is 2.43. The summed E-state index contributed by atoms with van der Waals surface area (Å²) in [5.74, 6) is 0.895. The van der Waals surface area contributed by atoms with Crippen LogP contribution in [0.15, 0.2) is 53.4 Å². The number of imide groups is 1. The Kier molecular flexibility index (Phi) is 5.09. The molecule has 6 heteroatoms. The van der Waals surface area contributed by atoms with E-state index in [0.717, 1.165) is 17.3 Å². The first-order valence-electron chi connectivity index (χ1n) is 7.78. The Balaban J connectivity index is 1.90. The van der Waals surface area contributed by atoms with Crippen LogP contribution in [0.3, 0.4) is 0 Å². The van der Waals surface area contributed by atoms with Crippen molar-refractivity contribution in [1.82, 2.24) is 0 Å². The van der Waals surface area contributed by atoms with Crippen LogP contribution in [0.2, 0.25) is 0 Å². The van der Waals surface area contributed by atoms with Gasteiger partial charge < -0.3 is 9.47 Å². The molecule has 0 unspecified atom stereocenters. The molecule has 0 aromatic heterocycles. The highest BCUT2D eigenvalue weighted by atomic mass is 32.2. The van der Waals surface area contributed by atoms with E-state index in [1.165, 1.54) is 4.90 Å². The number of benzene rings is 2. The number of carbonyl (C=O) groups is 2. The zero-order chi connectivity index (χ0) is 17.8. The third-order valence-electron chi connectivity index (χ3n) is 3.59. The fourth-order valence-electron chi connectivity index (χ4n) is 2.47. The number of ether oxygens (including phenoxy) is 2. The molecule has 0 bridgehead atoms. The lowest BCUT2D eigenvalue weighted by Gasteiger charge is -2.11. The van der Waals surface area contributed by atoms with Crippen LogP contribution in [-0.2, 0) is 4.79 Å². The van der Waals surface area contributed by atoms with Crippen LogP contribution in [-0.4, -0.2) is 24.9 Å². The predicted octanol–water partition coefficient (Wildman–Crippen LogP) is 4.33. The Bertz CT molecular complexity index is 833. The van der Waals surface area contributed by atoms with Crippen LogP contribution in [0.1, 0.15) is 12.5 Å². The van der Waals surface area contributed by atoms with Gasteiger partial charge in [0, 0.05) is 0 Å².